The fraction of sp³-hybridized carbons (Fsp3) is 0.611. The second-order valence-electron chi connectivity index (χ2n) is 6.85. The van der Waals surface area contributed by atoms with Crippen LogP contribution >= 0.6 is 0 Å². The van der Waals surface area contributed by atoms with Crippen molar-refractivity contribution in [1.29, 1.82) is 0 Å². The van der Waals surface area contributed by atoms with Gasteiger partial charge in [0.15, 0.2) is 0 Å². The van der Waals surface area contributed by atoms with Gasteiger partial charge in [0, 0.05) is 19.0 Å². The Morgan fingerprint density at radius 3 is 2.71 bits per heavy atom. The molecule has 1 amide bonds. The molecule has 1 unspecified atom stereocenters. The Hall–Kier alpha value is -1.35. The summed E-state index contributed by atoms with van der Waals surface area (Å²) in [5, 5.41) is 3.42. The zero-order chi connectivity index (χ0) is 15.5. The van der Waals surface area contributed by atoms with E-state index in [-0.39, 0.29) is 11.3 Å². The molecule has 0 aliphatic carbocycles. The molecule has 1 saturated heterocycles. The Balaban J connectivity index is 2.05. The molecule has 1 heterocycles. The maximum Gasteiger partial charge on any atom is 0.228 e. The van der Waals surface area contributed by atoms with Crippen molar-refractivity contribution in [1.82, 2.24) is 10.2 Å². The van der Waals surface area contributed by atoms with E-state index >= 15 is 0 Å². The third-order valence-corrected chi connectivity index (χ3v) is 4.88. The normalized spacial score (nSPS) is 19.3. The molecule has 1 aliphatic heterocycles. The third-order valence-electron chi connectivity index (χ3n) is 4.88. The molecule has 1 aliphatic rings. The molecule has 1 aromatic rings. The van der Waals surface area contributed by atoms with E-state index in [1.54, 1.807) is 0 Å². The smallest absolute Gasteiger partial charge is 0.228 e. The van der Waals surface area contributed by atoms with Crippen molar-refractivity contribution in [3.8, 4) is 0 Å². The van der Waals surface area contributed by atoms with Crippen LogP contribution in [0.2, 0.25) is 0 Å². The Kier molecular flexibility index (Phi) is 5.04. The van der Waals surface area contributed by atoms with E-state index in [0.29, 0.717) is 12.5 Å². The molecule has 1 fully saturated rings. The minimum atomic E-state index is -0.301. The predicted molar refractivity (Wildman–Crippen MR) is 87.0 cm³/mol. The van der Waals surface area contributed by atoms with Crippen LogP contribution in [0.4, 0.5) is 0 Å². The first kappa shape index (κ1) is 16.0. The third kappa shape index (κ3) is 3.65. The summed E-state index contributed by atoms with van der Waals surface area (Å²) >= 11 is 0. The van der Waals surface area contributed by atoms with Gasteiger partial charge in [0.1, 0.15) is 0 Å². The van der Waals surface area contributed by atoms with Gasteiger partial charge in [-0.2, -0.15) is 0 Å². The van der Waals surface area contributed by atoms with Gasteiger partial charge in [-0.05, 0) is 49.9 Å². The number of hydrogen-bond acceptors (Lipinski definition) is 2. The maximum absolute atomic E-state index is 12.9. The fourth-order valence-corrected chi connectivity index (χ4v) is 3.25. The second kappa shape index (κ2) is 6.61. The SMILES string of the molecule is Cc1ccccc1CN(C)C(=O)C(C)(C)C1CCCNC1. The van der Waals surface area contributed by atoms with Gasteiger partial charge in [-0.25, -0.2) is 0 Å². The first-order valence-corrected chi connectivity index (χ1v) is 7.93. The number of nitrogens with one attached hydrogen (secondary N) is 1. The second-order valence-corrected chi connectivity index (χ2v) is 6.85. The van der Waals surface area contributed by atoms with E-state index in [9.17, 15) is 4.79 Å². The van der Waals surface area contributed by atoms with Gasteiger partial charge >= 0.3 is 0 Å². The highest BCUT2D eigenvalue weighted by Gasteiger charge is 2.38. The topological polar surface area (TPSA) is 32.3 Å². The molecule has 1 aromatic carbocycles. The lowest BCUT2D eigenvalue weighted by Gasteiger charge is -2.38. The van der Waals surface area contributed by atoms with Gasteiger partial charge in [-0.15, -0.1) is 0 Å². The van der Waals surface area contributed by atoms with Crippen molar-refractivity contribution < 1.29 is 4.79 Å². The lowest BCUT2D eigenvalue weighted by Crippen LogP contribution is -2.47. The molecule has 0 spiro atoms. The Morgan fingerprint density at radius 1 is 1.38 bits per heavy atom. The number of nitrogens with zero attached hydrogens (tertiary/aromatic N) is 1. The lowest BCUT2D eigenvalue weighted by molar-refractivity contribution is -0.143. The molecule has 21 heavy (non-hydrogen) atoms. The van der Waals surface area contributed by atoms with Gasteiger partial charge in [-0.1, -0.05) is 38.1 Å². The van der Waals surface area contributed by atoms with E-state index < -0.39 is 0 Å². The zero-order valence-corrected chi connectivity index (χ0v) is 13.8. The fourth-order valence-electron chi connectivity index (χ4n) is 3.25. The summed E-state index contributed by atoms with van der Waals surface area (Å²) in [7, 11) is 1.92. The first-order valence-electron chi connectivity index (χ1n) is 7.93. The standard InChI is InChI=1S/C18H28N2O/c1-14-8-5-6-9-15(14)13-20(4)17(21)18(2,3)16-10-7-11-19-12-16/h5-6,8-9,16,19H,7,10-13H2,1-4H3. The van der Waals surface area contributed by atoms with Crippen LogP contribution < -0.4 is 5.32 Å². The van der Waals surface area contributed by atoms with Crippen LogP contribution in [0.3, 0.4) is 0 Å². The van der Waals surface area contributed by atoms with E-state index in [0.717, 1.165) is 19.5 Å². The average molecular weight is 288 g/mol. The average Bonchev–Trinajstić information content (AvgIpc) is 2.49. The Labute approximate surface area is 128 Å². The number of carbonyl (C=O) groups is 1. The van der Waals surface area contributed by atoms with Crippen molar-refractivity contribution in [2.75, 3.05) is 20.1 Å². The highest BCUT2D eigenvalue weighted by atomic mass is 16.2. The van der Waals surface area contributed by atoms with Crippen LogP contribution in [0.25, 0.3) is 0 Å². The number of rotatable bonds is 4. The van der Waals surface area contributed by atoms with Crippen LogP contribution in [0.1, 0.15) is 37.8 Å². The van der Waals surface area contributed by atoms with Gasteiger partial charge in [0.05, 0.1) is 0 Å². The number of amides is 1. The van der Waals surface area contributed by atoms with Crippen LogP contribution in [-0.2, 0) is 11.3 Å². The molecule has 0 radical (unpaired) electrons. The van der Waals surface area contributed by atoms with E-state index in [4.69, 9.17) is 0 Å². The van der Waals surface area contributed by atoms with Crippen LogP contribution in [0.15, 0.2) is 24.3 Å². The number of piperidine rings is 1. The highest BCUT2D eigenvalue weighted by Crippen LogP contribution is 2.33. The summed E-state index contributed by atoms with van der Waals surface area (Å²) in [6.07, 6.45) is 2.31. The van der Waals surface area contributed by atoms with Gasteiger partial charge in [0.2, 0.25) is 5.91 Å². The summed E-state index contributed by atoms with van der Waals surface area (Å²) in [6.45, 7) is 9.03. The van der Waals surface area contributed by atoms with Gasteiger partial charge < -0.3 is 10.2 Å². The van der Waals surface area contributed by atoms with Crippen molar-refractivity contribution in [2.24, 2.45) is 11.3 Å². The molecule has 116 valence electrons. The molecule has 0 aromatic heterocycles. The molecule has 1 atom stereocenters. The van der Waals surface area contributed by atoms with Crippen molar-refractivity contribution in [3.05, 3.63) is 35.4 Å². The lowest BCUT2D eigenvalue weighted by atomic mass is 9.74. The molecule has 2 rings (SSSR count). The van der Waals surface area contributed by atoms with Crippen molar-refractivity contribution in [3.63, 3.8) is 0 Å². The van der Waals surface area contributed by atoms with Crippen molar-refractivity contribution >= 4 is 5.91 Å². The van der Waals surface area contributed by atoms with E-state index in [2.05, 4.69) is 38.2 Å². The van der Waals surface area contributed by atoms with Crippen molar-refractivity contribution in [2.45, 2.75) is 40.2 Å². The minimum absolute atomic E-state index is 0.249. The molecule has 0 bridgehead atoms. The van der Waals surface area contributed by atoms with E-state index in [1.807, 2.05) is 24.1 Å². The summed E-state index contributed by atoms with van der Waals surface area (Å²) in [6, 6.07) is 8.28. The van der Waals surface area contributed by atoms with Gasteiger partial charge in [-0.3, -0.25) is 4.79 Å². The number of aryl methyl sites for hydroxylation is 1. The summed E-state index contributed by atoms with van der Waals surface area (Å²) in [4.78, 5) is 14.8. The predicted octanol–water partition coefficient (Wildman–Crippen LogP) is 2.98. The molecule has 0 saturated carbocycles. The number of benzene rings is 1. The molecular weight excluding hydrogens is 260 g/mol. The maximum atomic E-state index is 12.9. The number of carbonyl (C=O) groups excluding carboxylic acids is 1. The largest absolute Gasteiger partial charge is 0.341 e. The van der Waals surface area contributed by atoms with Crippen LogP contribution in [0, 0.1) is 18.3 Å². The Morgan fingerprint density at radius 2 is 2.10 bits per heavy atom. The number of hydrogen-bond donors (Lipinski definition) is 1. The minimum Gasteiger partial charge on any atom is -0.341 e. The van der Waals surface area contributed by atoms with Crippen LogP contribution in [0.5, 0.6) is 0 Å². The molecule has 3 heteroatoms. The molecule has 3 nitrogen and oxygen atoms in total. The summed E-state index contributed by atoms with van der Waals surface area (Å²) in [5.41, 5.74) is 2.17. The van der Waals surface area contributed by atoms with Crippen LogP contribution in [-0.4, -0.2) is 30.9 Å². The Bertz CT molecular complexity index is 490. The van der Waals surface area contributed by atoms with E-state index in [1.165, 1.54) is 17.5 Å². The summed E-state index contributed by atoms with van der Waals surface area (Å²) in [5.74, 6) is 0.678. The molecular formula is C18H28N2O. The van der Waals surface area contributed by atoms with Gasteiger partial charge in [0.25, 0.3) is 0 Å². The molecule has 1 N–H and O–H groups in total. The highest BCUT2D eigenvalue weighted by molar-refractivity contribution is 5.82. The zero-order valence-electron chi connectivity index (χ0n) is 13.8. The summed E-state index contributed by atoms with van der Waals surface area (Å²) < 4.78 is 0. The monoisotopic (exact) mass is 288 g/mol. The first-order chi connectivity index (χ1) is 9.93. The quantitative estimate of drug-likeness (QED) is 0.924.